The van der Waals surface area contributed by atoms with E-state index in [1.165, 1.54) is 0 Å². The van der Waals surface area contributed by atoms with Gasteiger partial charge in [-0.15, -0.1) is 0 Å². The van der Waals surface area contributed by atoms with Crippen LogP contribution in [0.4, 0.5) is 4.79 Å². The molecule has 0 spiro atoms. The highest BCUT2D eigenvalue weighted by atomic mass is 16.6. The Morgan fingerprint density at radius 2 is 1.75 bits per heavy atom. The van der Waals surface area contributed by atoms with Crippen LogP contribution < -0.4 is 5.32 Å². The van der Waals surface area contributed by atoms with Gasteiger partial charge < -0.3 is 14.8 Å². The fourth-order valence-corrected chi connectivity index (χ4v) is 0.750. The largest absolute Gasteiger partial charge is 0.460 e. The lowest BCUT2D eigenvalue weighted by Crippen LogP contribution is -2.37. The minimum atomic E-state index is -0.960. The van der Waals surface area contributed by atoms with Crippen LogP contribution in [-0.2, 0) is 19.1 Å². The number of esters is 1. The van der Waals surface area contributed by atoms with Crippen molar-refractivity contribution in [2.24, 2.45) is 0 Å². The number of Topliss-reactive ketones (excluding diaryl/α,β-unsaturated/α-hetero) is 1. The average Bonchev–Trinajstić information content (AvgIpc) is 2.11. The van der Waals surface area contributed by atoms with Gasteiger partial charge in [-0.25, -0.2) is 9.59 Å². The van der Waals surface area contributed by atoms with E-state index in [1.54, 1.807) is 27.7 Å². The van der Waals surface area contributed by atoms with Crippen molar-refractivity contribution >= 4 is 17.8 Å². The molecule has 0 aliphatic rings. The van der Waals surface area contributed by atoms with Crippen molar-refractivity contribution in [3.8, 4) is 0 Å². The Hall–Kier alpha value is -1.59. The molecule has 0 aliphatic carbocycles. The van der Waals surface area contributed by atoms with E-state index in [9.17, 15) is 14.4 Å². The zero-order valence-corrected chi connectivity index (χ0v) is 9.96. The molecule has 0 rings (SSSR count). The quantitative estimate of drug-likeness (QED) is 0.567. The first kappa shape index (κ1) is 14.4. The number of nitrogens with one attached hydrogen (secondary N) is 1. The molecule has 0 aliphatic heterocycles. The molecule has 0 aromatic carbocycles. The molecule has 0 radical (unpaired) electrons. The van der Waals surface area contributed by atoms with Crippen molar-refractivity contribution in [2.75, 3.05) is 13.2 Å². The molecule has 0 fully saturated rings. The van der Waals surface area contributed by atoms with Crippen LogP contribution in [0.3, 0.4) is 0 Å². The normalized spacial score (nSPS) is 10.5. The van der Waals surface area contributed by atoms with Crippen LogP contribution in [0.1, 0.15) is 27.7 Å². The number of amides is 1. The Bertz CT molecular complexity index is 279. The lowest BCUT2D eigenvalue weighted by atomic mass is 10.2. The van der Waals surface area contributed by atoms with Gasteiger partial charge in [0.15, 0.2) is 0 Å². The summed E-state index contributed by atoms with van der Waals surface area (Å²) in [7, 11) is 0. The standard InChI is InChI=1S/C10H17NO5/c1-5-15-8(13)7(12)6-11-9(14)16-10(2,3)4/h5-6H2,1-4H3,(H,11,14). The third kappa shape index (κ3) is 6.80. The summed E-state index contributed by atoms with van der Waals surface area (Å²) in [4.78, 5) is 33.0. The monoisotopic (exact) mass is 231 g/mol. The molecule has 0 aromatic rings. The van der Waals surface area contributed by atoms with Crippen molar-refractivity contribution in [3.63, 3.8) is 0 Å². The van der Waals surface area contributed by atoms with Crippen molar-refractivity contribution in [3.05, 3.63) is 0 Å². The van der Waals surface area contributed by atoms with Gasteiger partial charge in [0.25, 0.3) is 5.78 Å². The summed E-state index contributed by atoms with van der Waals surface area (Å²) < 4.78 is 9.33. The predicted octanol–water partition coefficient (Wildman–Crippen LogP) is 0.643. The molecular formula is C10H17NO5. The van der Waals surface area contributed by atoms with Gasteiger partial charge in [-0.1, -0.05) is 0 Å². The molecule has 0 aromatic heterocycles. The number of alkyl carbamates (subject to hydrolysis) is 1. The van der Waals surface area contributed by atoms with E-state index in [0.717, 1.165) is 0 Å². The second-order valence-corrected chi connectivity index (χ2v) is 4.00. The number of ether oxygens (including phenoxy) is 2. The molecule has 6 nitrogen and oxygen atoms in total. The maximum absolute atomic E-state index is 11.1. The van der Waals surface area contributed by atoms with Crippen LogP contribution in [0.2, 0.25) is 0 Å². The Kier molecular flexibility index (Phi) is 5.49. The van der Waals surface area contributed by atoms with Gasteiger partial charge in [-0.05, 0) is 27.7 Å². The fraction of sp³-hybridized carbons (Fsp3) is 0.700. The number of carbonyl (C=O) groups excluding carboxylic acids is 3. The molecular weight excluding hydrogens is 214 g/mol. The predicted molar refractivity (Wildman–Crippen MR) is 55.9 cm³/mol. The first-order valence-electron chi connectivity index (χ1n) is 4.93. The highest BCUT2D eigenvalue weighted by molar-refractivity contribution is 6.34. The van der Waals surface area contributed by atoms with Gasteiger partial charge in [0.2, 0.25) is 0 Å². The van der Waals surface area contributed by atoms with E-state index in [4.69, 9.17) is 4.74 Å². The average molecular weight is 231 g/mol. The van der Waals surface area contributed by atoms with Crippen LogP contribution in [0.25, 0.3) is 0 Å². The van der Waals surface area contributed by atoms with E-state index < -0.39 is 30.0 Å². The summed E-state index contributed by atoms with van der Waals surface area (Å²) in [6, 6.07) is 0. The number of hydrogen-bond acceptors (Lipinski definition) is 5. The molecule has 1 amide bonds. The zero-order chi connectivity index (χ0) is 12.8. The molecule has 0 bridgehead atoms. The smallest absolute Gasteiger partial charge is 0.408 e. The first-order valence-corrected chi connectivity index (χ1v) is 4.93. The minimum Gasteiger partial charge on any atom is -0.460 e. The third-order valence-corrected chi connectivity index (χ3v) is 1.30. The number of ketones is 1. The molecule has 92 valence electrons. The summed E-state index contributed by atoms with van der Waals surface area (Å²) in [5.41, 5.74) is -0.642. The molecule has 0 heterocycles. The Balaban J connectivity index is 3.93. The summed E-state index contributed by atoms with van der Waals surface area (Å²) in [5, 5.41) is 2.17. The summed E-state index contributed by atoms with van der Waals surface area (Å²) in [6.45, 7) is 6.37. The van der Waals surface area contributed by atoms with E-state index >= 15 is 0 Å². The highest BCUT2D eigenvalue weighted by Gasteiger charge is 2.19. The molecule has 1 N–H and O–H groups in total. The van der Waals surface area contributed by atoms with E-state index in [0.29, 0.717) is 0 Å². The second kappa shape index (κ2) is 6.09. The molecule has 6 heteroatoms. The van der Waals surface area contributed by atoms with E-state index in [1.807, 2.05) is 0 Å². The summed E-state index contributed by atoms with van der Waals surface area (Å²) in [5.74, 6) is -1.77. The van der Waals surface area contributed by atoms with Crippen LogP contribution in [0.5, 0.6) is 0 Å². The van der Waals surface area contributed by atoms with Crippen LogP contribution in [-0.4, -0.2) is 36.6 Å². The maximum atomic E-state index is 11.1. The van der Waals surface area contributed by atoms with Crippen molar-refractivity contribution in [1.29, 1.82) is 0 Å². The van der Waals surface area contributed by atoms with Crippen LogP contribution in [0, 0.1) is 0 Å². The fourth-order valence-electron chi connectivity index (χ4n) is 0.750. The Morgan fingerprint density at radius 3 is 2.19 bits per heavy atom. The molecule has 0 atom stereocenters. The molecule has 0 saturated carbocycles. The molecule has 0 saturated heterocycles. The topological polar surface area (TPSA) is 81.7 Å². The highest BCUT2D eigenvalue weighted by Crippen LogP contribution is 2.06. The summed E-state index contributed by atoms with van der Waals surface area (Å²) in [6.07, 6.45) is -0.745. The van der Waals surface area contributed by atoms with Crippen LogP contribution >= 0.6 is 0 Å². The van der Waals surface area contributed by atoms with E-state index in [2.05, 4.69) is 10.1 Å². The first-order chi connectivity index (χ1) is 7.26. The van der Waals surface area contributed by atoms with Crippen molar-refractivity contribution in [1.82, 2.24) is 5.32 Å². The second-order valence-electron chi connectivity index (χ2n) is 4.00. The third-order valence-electron chi connectivity index (χ3n) is 1.30. The Labute approximate surface area is 94.3 Å². The lowest BCUT2D eigenvalue weighted by Gasteiger charge is -2.19. The minimum absolute atomic E-state index is 0.122. The summed E-state index contributed by atoms with van der Waals surface area (Å²) >= 11 is 0. The van der Waals surface area contributed by atoms with Crippen molar-refractivity contribution < 1.29 is 23.9 Å². The Morgan fingerprint density at radius 1 is 1.19 bits per heavy atom. The van der Waals surface area contributed by atoms with Crippen molar-refractivity contribution in [2.45, 2.75) is 33.3 Å². The van der Waals surface area contributed by atoms with Gasteiger partial charge in [-0.2, -0.15) is 0 Å². The number of hydrogen-bond donors (Lipinski definition) is 1. The maximum Gasteiger partial charge on any atom is 0.408 e. The number of carbonyl (C=O) groups is 3. The SMILES string of the molecule is CCOC(=O)C(=O)CNC(=O)OC(C)(C)C. The van der Waals surface area contributed by atoms with Gasteiger partial charge in [-0.3, -0.25) is 4.79 Å². The van der Waals surface area contributed by atoms with Gasteiger partial charge in [0.05, 0.1) is 13.2 Å². The van der Waals surface area contributed by atoms with E-state index in [-0.39, 0.29) is 6.61 Å². The number of rotatable bonds is 4. The van der Waals surface area contributed by atoms with Gasteiger partial charge in [0.1, 0.15) is 5.60 Å². The zero-order valence-electron chi connectivity index (χ0n) is 9.96. The van der Waals surface area contributed by atoms with Gasteiger partial charge >= 0.3 is 12.1 Å². The molecule has 0 unspecified atom stereocenters. The molecule has 16 heavy (non-hydrogen) atoms. The van der Waals surface area contributed by atoms with Crippen LogP contribution in [0.15, 0.2) is 0 Å². The van der Waals surface area contributed by atoms with Gasteiger partial charge in [0, 0.05) is 0 Å². The lowest BCUT2D eigenvalue weighted by molar-refractivity contribution is -0.153.